The molecule has 0 aromatic heterocycles. The van der Waals surface area contributed by atoms with E-state index in [1.807, 2.05) is 42.5 Å². The maximum absolute atomic E-state index is 12.6. The van der Waals surface area contributed by atoms with E-state index in [-0.39, 0.29) is 24.4 Å². The van der Waals surface area contributed by atoms with Gasteiger partial charge in [-0.05, 0) is 41.5 Å². The van der Waals surface area contributed by atoms with Crippen molar-refractivity contribution in [3.8, 4) is 0 Å². The fourth-order valence-corrected chi connectivity index (χ4v) is 3.78. The highest BCUT2D eigenvalue weighted by Crippen LogP contribution is 2.54. The predicted molar refractivity (Wildman–Crippen MR) is 97.9 cm³/mol. The number of nitrogens with one attached hydrogen (secondary N) is 2. The number of hydrogen-bond donors (Lipinski definition) is 2. The Morgan fingerprint density at radius 2 is 2.00 bits per heavy atom. The zero-order valence-electron chi connectivity index (χ0n) is 14.0. The first-order valence-corrected chi connectivity index (χ1v) is 9.05. The number of hydrogen-bond acceptors (Lipinski definition) is 3. The van der Waals surface area contributed by atoms with Crippen LogP contribution in [0.5, 0.6) is 0 Å². The third-order valence-corrected chi connectivity index (χ3v) is 5.21. The highest BCUT2D eigenvalue weighted by atomic mass is 35.5. The van der Waals surface area contributed by atoms with Crippen LogP contribution in [0.15, 0.2) is 54.6 Å². The summed E-state index contributed by atoms with van der Waals surface area (Å²) in [6, 6.07) is 17.7. The molecule has 4 unspecified atom stereocenters. The summed E-state index contributed by atoms with van der Waals surface area (Å²) >= 11 is 6.16. The molecule has 0 spiro atoms. The molecule has 4 rings (SSSR count). The molecule has 5 nitrogen and oxygen atoms in total. The summed E-state index contributed by atoms with van der Waals surface area (Å²) < 4.78 is 5.01. The van der Waals surface area contributed by atoms with E-state index in [0.717, 1.165) is 12.0 Å². The van der Waals surface area contributed by atoms with Crippen LogP contribution in [-0.2, 0) is 9.53 Å². The molecular formula is C20H19ClN2O3. The second kappa shape index (κ2) is 7.00. The molecule has 1 aliphatic heterocycles. The molecule has 1 heterocycles. The Labute approximate surface area is 156 Å². The second-order valence-corrected chi connectivity index (χ2v) is 7.17. The summed E-state index contributed by atoms with van der Waals surface area (Å²) in [5.74, 6) is 0.390. The summed E-state index contributed by atoms with van der Waals surface area (Å²) in [5.41, 5.74) is 2.24. The summed E-state index contributed by atoms with van der Waals surface area (Å²) in [5, 5.41) is 6.21. The second-order valence-electron chi connectivity index (χ2n) is 6.73. The first kappa shape index (κ1) is 16.9. The molecule has 2 aromatic rings. The van der Waals surface area contributed by atoms with E-state index in [0.29, 0.717) is 10.9 Å². The van der Waals surface area contributed by atoms with Crippen LogP contribution in [0.1, 0.15) is 29.5 Å². The molecule has 2 fully saturated rings. The molecule has 1 saturated carbocycles. The number of cyclic esters (lactones) is 1. The van der Waals surface area contributed by atoms with Crippen molar-refractivity contribution >= 4 is 23.6 Å². The lowest BCUT2D eigenvalue weighted by atomic mass is 9.98. The van der Waals surface area contributed by atoms with Gasteiger partial charge in [-0.1, -0.05) is 54.1 Å². The van der Waals surface area contributed by atoms with E-state index < -0.39 is 12.2 Å². The van der Waals surface area contributed by atoms with Crippen LogP contribution in [0.25, 0.3) is 0 Å². The smallest absolute Gasteiger partial charge is 0.408 e. The van der Waals surface area contributed by atoms with Crippen molar-refractivity contribution in [1.82, 2.24) is 10.6 Å². The first-order chi connectivity index (χ1) is 12.6. The lowest BCUT2D eigenvalue weighted by molar-refractivity contribution is -0.128. The van der Waals surface area contributed by atoms with Gasteiger partial charge in [0.2, 0.25) is 0 Å². The number of alkyl carbamates (subject to hydrolysis) is 1. The normalized spacial score (nSPS) is 25.1. The van der Waals surface area contributed by atoms with Gasteiger partial charge in [0.25, 0.3) is 5.91 Å². The Kier molecular flexibility index (Phi) is 4.55. The van der Waals surface area contributed by atoms with Crippen molar-refractivity contribution in [2.75, 3.05) is 6.54 Å². The average molecular weight is 371 g/mol. The summed E-state index contributed by atoms with van der Waals surface area (Å²) in [7, 11) is 0. The maximum atomic E-state index is 12.6. The van der Waals surface area contributed by atoms with Crippen LogP contribution >= 0.6 is 11.6 Å². The van der Waals surface area contributed by atoms with Crippen LogP contribution in [0.2, 0.25) is 5.02 Å². The minimum absolute atomic E-state index is 0.175. The van der Waals surface area contributed by atoms with Gasteiger partial charge >= 0.3 is 6.09 Å². The van der Waals surface area contributed by atoms with Gasteiger partial charge in [0.15, 0.2) is 6.10 Å². The van der Waals surface area contributed by atoms with E-state index in [1.165, 1.54) is 5.56 Å². The molecule has 1 aliphatic carbocycles. The standard InChI is InChI=1S/C20H19ClN2O3/c21-14-8-4-7-13(9-14)18(23-19(24)17-11-22-20(25)26-17)16-10-15(16)12-5-2-1-3-6-12/h1-9,15-18H,10-11H2,(H,22,25)(H,23,24). The molecule has 26 heavy (non-hydrogen) atoms. The molecular weight excluding hydrogens is 352 g/mol. The molecule has 2 N–H and O–H groups in total. The van der Waals surface area contributed by atoms with Crippen molar-refractivity contribution in [3.05, 3.63) is 70.7 Å². The molecule has 134 valence electrons. The van der Waals surface area contributed by atoms with E-state index in [2.05, 4.69) is 22.8 Å². The molecule has 2 aliphatic rings. The monoisotopic (exact) mass is 370 g/mol. The largest absolute Gasteiger partial charge is 0.434 e. The summed E-state index contributed by atoms with van der Waals surface area (Å²) in [6.45, 7) is 0.194. The van der Waals surface area contributed by atoms with Crippen LogP contribution < -0.4 is 10.6 Å². The maximum Gasteiger partial charge on any atom is 0.408 e. The number of carbonyl (C=O) groups excluding carboxylic acids is 2. The zero-order valence-corrected chi connectivity index (χ0v) is 14.8. The summed E-state index contributed by atoms with van der Waals surface area (Å²) in [6.07, 6.45) is -0.361. The quantitative estimate of drug-likeness (QED) is 0.847. The SMILES string of the molecule is O=C1NCC(C(=O)NC(c2cccc(Cl)c2)C2CC2c2ccccc2)O1. The van der Waals surface area contributed by atoms with Crippen LogP contribution in [0.4, 0.5) is 4.79 Å². The predicted octanol–water partition coefficient (Wildman–Crippen LogP) is 3.41. The van der Waals surface area contributed by atoms with Gasteiger partial charge in [-0.25, -0.2) is 4.79 Å². The Balaban J connectivity index is 1.55. The van der Waals surface area contributed by atoms with Gasteiger partial charge in [-0.3, -0.25) is 4.79 Å². The van der Waals surface area contributed by atoms with Crippen molar-refractivity contribution in [2.45, 2.75) is 24.5 Å². The highest BCUT2D eigenvalue weighted by Gasteiger charge is 2.46. The number of amides is 2. The van der Waals surface area contributed by atoms with Crippen molar-refractivity contribution in [3.63, 3.8) is 0 Å². The molecule has 0 radical (unpaired) electrons. The minimum atomic E-state index is -0.793. The Morgan fingerprint density at radius 3 is 2.69 bits per heavy atom. The average Bonchev–Trinajstić information content (AvgIpc) is 3.32. The fraction of sp³-hybridized carbons (Fsp3) is 0.300. The molecule has 1 saturated heterocycles. The van der Waals surface area contributed by atoms with E-state index >= 15 is 0 Å². The number of ether oxygens (including phenoxy) is 1. The van der Waals surface area contributed by atoms with Crippen LogP contribution in [0.3, 0.4) is 0 Å². The molecule has 2 amide bonds. The topological polar surface area (TPSA) is 67.4 Å². The van der Waals surface area contributed by atoms with Crippen LogP contribution in [0, 0.1) is 5.92 Å². The van der Waals surface area contributed by atoms with Gasteiger partial charge in [-0.15, -0.1) is 0 Å². The van der Waals surface area contributed by atoms with E-state index in [4.69, 9.17) is 16.3 Å². The number of rotatable bonds is 5. The van der Waals surface area contributed by atoms with Crippen molar-refractivity contribution in [1.29, 1.82) is 0 Å². The molecule has 6 heteroatoms. The number of benzene rings is 2. The van der Waals surface area contributed by atoms with E-state index in [1.54, 1.807) is 0 Å². The van der Waals surface area contributed by atoms with Crippen LogP contribution in [-0.4, -0.2) is 24.6 Å². The van der Waals surface area contributed by atoms with Gasteiger partial charge in [-0.2, -0.15) is 0 Å². The van der Waals surface area contributed by atoms with E-state index in [9.17, 15) is 9.59 Å². The van der Waals surface area contributed by atoms with Gasteiger partial charge in [0.1, 0.15) is 0 Å². The molecule has 0 bridgehead atoms. The Hall–Kier alpha value is -2.53. The van der Waals surface area contributed by atoms with Crippen molar-refractivity contribution in [2.24, 2.45) is 5.92 Å². The third-order valence-electron chi connectivity index (χ3n) is 4.97. The Bertz CT molecular complexity index is 827. The third kappa shape index (κ3) is 3.53. The lowest BCUT2D eigenvalue weighted by Gasteiger charge is -2.21. The number of carbonyl (C=O) groups is 2. The highest BCUT2D eigenvalue weighted by molar-refractivity contribution is 6.30. The Morgan fingerprint density at radius 1 is 1.19 bits per heavy atom. The van der Waals surface area contributed by atoms with Gasteiger partial charge in [0, 0.05) is 5.02 Å². The van der Waals surface area contributed by atoms with Gasteiger partial charge in [0.05, 0.1) is 12.6 Å². The number of halogens is 1. The van der Waals surface area contributed by atoms with Crippen molar-refractivity contribution < 1.29 is 14.3 Å². The first-order valence-electron chi connectivity index (χ1n) is 8.67. The fourth-order valence-electron chi connectivity index (χ4n) is 3.59. The molecule has 2 aromatic carbocycles. The minimum Gasteiger partial charge on any atom is -0.434 e. The van der Waals surface area contributed by atoms with Gasteiger partial charge < -0.3 is 15.4 Å². The molecule has 4 atom stereocenters. The summed E-state index contributed by atoms with van der Waals surface area (Å²) in [4.78, 5) is 23.8. The zero-order chi connectivity index (χ0) is 18.1. The lowest BCUT2D eigenvalue weighted by Crippen LogP contribution is -2.40.